The molecule has 0 aromatic rings. The van der Waals surface area contributed by atoms with E-state index in [0.717, 1.165) is 19.4 Å². The molecule has 4 heteroatoms. The molecule has 0 saturated carbocycles. The van der Waals surface area contributed by atoms with Gasteiger partial charge in [-0.3, -0.25) is 14.5 Å². The molecule has 1 heterocycles. The van der Waals surface area contributed by atoms with Crippen molar-refractivity contribution in [3.05, 3.63) is 0 Å². The van der Waals surface area contributed by atoms with Crippen molar-refractivity contribution in [3.8, 4) is 0 Å². The summed E-state index contributed by atoms with van der Waals surface area (Å²) in [4.78, 5) is 25.2. The van der Waals surface area contributed by atoms with Crippen LogP contribution < -0.4 is 0 Å². The highest BCUT2D eigenvalue weighted by molar-refractivity contribution is 5.83. The summed E-state index contributed by atoms with van der Waals surface area (Å²) in [6.07, 6.45) is 2.55. The number of hydrogen-bond acceptors (Lipinski definition) is 4. The number of hydrogen-bond donors (Lipinski definition) is 0. The first-order valence-electron chi connectivity index (χ1n) is 6.04. The standard InChI is InChI=1S/C12H21NO3/c1-4-10(12(15)16-5-2)13-8-6-7-11(13)9(3)14/h10-11H,4-8H2,1-3H3/t10?,11-/m1/s1. The van der Waals surface area contributed by atoms with Gasteiger partial charge in [0, 0.05) is 0 Å². The van der Waals surface area contributed by atoms with Gasteiger partial charge in [0.2, 0.25) is 0 Å². The van der Waals surface area contributed by atoms with Crippen LogP contribution in [-0.2, 0) is 14.3 Å². The number of carbonyl (C=O) groups excluding carboxylic acids is 2. The van der Waals surface area contributed by atoms with Gasteiger partial charge in [-0.15, -0.1) is 0 Å². The second-order valence-electron chi connectivity index (χ2n) is 4.18. The molecule has 1 aliphatic rings. The molecule has 0 spiro atoms. The number of nitrogens with zero attached hydrogens (tertiary/aromatic N) is 1. The van der Waals surface area contributed by atoms with E-state index in [1.54, 1.807) is 13.8 Å². The second-order valence-corrected chi connectivity index (χ2v) is 4.18. The summed E-state index contributed by atoms with van der Waals surface area (Å²) in [5.74, 6) is -0.0431. The smallest absolute Gasteiger partial charge is 0.323 e. The number of rotatable bonds is 5. The Morgan fingerprint density at radius 2 is 2.12 bits per heavy atom. The largest absolute Gasteiger partial charge is 0.465 e. The van der Waals surface area contributed by atoms with Crippen LogP contribution in [0.5, 0.6) is 0 Å². The van der Waals surface area contributed by atoms with Gasteiger partial charge in [-0.1, -0.05) is 6.92 Å². The van der Waals surface area contributed by atoms with Crippen LogP contribution in [0.4, 0.5) is 0 Å². The Balaban J connectivity index is 2.71. The molecule has 0 aliphatic carbocycles. The zero-order chi connectivity index (χ0) is 12.1. The third-order valence-electron chi connectivity index (χ3n) is 3.11. The van der Waals surface area contributed by atoms with Crippen molar-refractivity contribution in [1.82, 2.24) is 4.90 Å². The number of ketones is 1. The summed E-state index contributed by atoms with van der Waals surface area (Å²) in [7, 11) is 0. The van der Waals surface area contributed by atoms with Gasteiger partial charge in [-0.05, 0) is 39.7 Å². The monoisotopic (exact) mass is 227 g/mol. The molecule has 0 N–H and O–H groups in total. The molecule has 0 bridgehead atoms. The van der Waals surface area contributed by atoms with Crippen LogP contribution in [0.25, 0.3) is 0 Å². The minimum absolute atomic E-state index is 0.0886. The van der Waals surface area contributed by atoms with Gasteiger partial charge in [0.1, 0.15) is 11.8 Å². The van der Waals surface area contributed by atoms with Crippen LogP contribution >= 0.6 is 0 Å². The molecule has 1 rings (SSSR count). The molecule has 1 fully saturated rings. The highest BCUT2D eigenvalue weighted by atomic mass is 16.5. The number of ether oxygens (including phenoxy) is 1. The molecule has 2 atom stereocenters. The van der Waals surface area contributed by atoms with E-state index in [-0.39, 0.29) is 23.8 Å². The Labute approximate surface area is 96.9 Å². The van der Waals surface area contributed by atoms with Gasteiger partial charge in [0.15, 0.2) is 0 Å². The van der Waals surface area contributed by atoms with Crippen molar-refractivity contribution < 1.29 is 14.3 Å². The summed E-state index contributed by atoms with van der Waals surface area (Å²) < 4.78 is 5.04. The van der Waals surface area contributed by atoms with E-state index >= 15 is 0 Å². The van der Waals surface area contributed by atoms with Crippen molar-refractivity contribution in [1.29, 1.82) is 0 Å². The summed E-state index contributed by atoms with van der Waals surface area (Å²) in [6.45, 7) is 6.57. The normalized spacial score (nSPS) is 23.1. The van der Waals surface area contributed by atoms with Crippen molar-refractivity contribution >= 4 is 11.8 Å². The molecule has 0 radical (unpaired) electrons. The van der Waals surface area contributed by atoms with Crippen molar-refractivity contribution in [2.45, 2.75) is 52.1 Å². The minimum atomic E-state index is -0.253. The fourth-order valence-electron chi connectivity index (χ4n) is 2.37. The summed E-state index contributed by atoms with van der Waals surface area (Å²) in [5, 5.41) is 0. The third kappa shape index (κ3) is 2.82. The maximum absolute atomic E-state index is 11.8. The maximum atomic E-state index is 11.8. The van der Waals surface area contributed by atoms with Crippen LogP contribution in [0.2, 0.25) is 0 Å². The predicted octanol–water partition coefficient (Wildman–Crippen LogP) is 1.38. The lowest BCUT2D eigenvalue weighted by molar-refractivity contribution is -0.150. The van der Waals surface area contributed by atoms with Crippen molar-refractivity contribution in [3.63, 3.8) is 0 Å². The molecule has 1 saturated heterocycles. The molecular formula is C12H21NO3. The predicted molar refractivity (Wildman–Crippen MR) is 61.1 cm³/mol. The number of carbonyl (C=O) groups is 2. The summed E-state index contributed by atoms with van der Waals surface area (Å²) in [6, 6.07) is -0.342. The van der Waals surface area contributed by atoms with Gasteiger partial charge < -0.3 is 4.74 Å². The zero-order valence-corrected chi connectivity index (χ0v) is 10.4. The Hall–Kier alpha value is -0.900. The van der Waals surface area contributed by atoms with E-state index in [9.17, 15) is 9.59 Å². The van der Waals surface area contributed by atoms with Gasteiger partial charge in [0.05, 0.1) is 12.6 Å². The van der Waals surface area contributed by atoms with Gasteiger partial charge in [0.25, 0.3) is 0 Å². The molecule has 92 valence electrons. The van der Waals surface area contributed by atoms with Crippen molar-refractivity contribution in [2.24, 2.45) is 0 Å². The Morgan fingerprint density at radius 3 is 2.62 bits per heavy atom. The molecule has 0 amide bonds. The number of likely N-dealkylation sites (tertiary alicyclic amines) is 1. The Morgan fingerprint density at radius 1 is 1.44 bits per heavy atom. The Kier molecular flexibility index (Phi) is 4.93. The van der Waals surface area contributed by atoms with Gasteiger partial charge in [-0.2, -0.15) is 0 Å². The molecule has 16 heavy (non-hydrogen) atoms. The molecular weight excluding hydrogens is 206 g/mol. The minimum Gasteiger partial charge on any atom is -0.465 e. The molecule has 0 aromatic heterocycles. The SMILES string of the molecule is CCOC(=O)C(CC)N1CCC[C@@H]1C(C)=O. The van der Waals surface area contributed by atoms with Crippen LogP contribution in [-0.4, -0.2) is 41.9 Å². The van der Waals surface area contributed by atoms with Gasteiger partial charge >= 0.3 is 5.97 Å². The van der Waals surface area contributed by atoms with Crippen LogP contribution in [0.15, 0.2) is 0 Å². The van der Waals surface area contributed by atoms with Gasteiger partial charge in [-0.25, -0.2) is 0 Å². The lowest BCUT2D eigenvalue weighted by Gasteiger charge is -2.29. The highest BCUT2D eigenvalue weighted by Crippen LogP contribution is 2.23. The average molecular weight is 227 g/mol. The molecule has 4 nitrogen and oxygen atoms in total. The third-order valence-corrected chi connectivity index (χ3v) is 3.11. The lowest BCUT2D eigenvalue weighted by atomic mass is 10.1. The summed E-state index contributed by atoms with van der Waals surface area (Å²) >= 11 is 0. The topological polar surface area (TPSA) is 46.6 Å². The number of Topliss-reactive ketones (excluding diaryl/α,β-unsaturated/α-hetero) is 1. The van der Waals surface area contributed by atoms with Crippen LogP contribution in [0.3, 0.4) is 0 Å². The van der Waals surface area contributed by atoms with E-state index in [2.05, 4.69) is 0 Å². The first-order chi connectivity index (χ1) is 7.61. The van der Waals surface area contributed by atoms with E-state index in [4.69, 9.17) is 4.74 Å². The van der Waals surface area contributed by atoms with Crippen LogP contribution in [0.1, 0.15) is 40.0 Å². The van der Waals surface area contributed by atoms with Crippen molar-refractivity contribution in [2.75, 3.05) is 13.2 Å². The molecule has 1 aliphatic heterocycles. The quantitative estimate of drug-likeness (QED) is 0.666. The Bertz CT molecular complexity index is 265. The average Bonchev–Trinajstić information content (AvgIpc) is 2.68. The highest BCUT2D eigenvalue weighted by Gasteiger charge is 2.36. The lowest BCUT2D eigenvalue weighted by Crippen LogP contribution is -2.47. The van der Waals surface area contributed by atoms with Crippen LogP contribution in [0, 0.1) is 0 Å². The maximum Gasteiger partial charge on any atom is 0.323 e. The van der Waals surface area contributed by atoms with E-state index in [0.29, 0.717) is 13.0 Å². The first-order valence-corrected chi connectivity index (χ1v) is 6.04. The fraction of sp³-hybridized carbons (Fsp3) is 0.833. The second kappa shape index (κ2) is 5.99. The molecule has 0 aromatic carbocycles. The number of esters is 1. The first kappa shape index (κ1) is 13.2. The van der Waals surface area contributed by atoms with E-state index in [1.165, 1.54) is 0 Å². The molecule has 1 unspecified atom stereocenters. The van der Waals surface area contributed by atoms with E-state index < -0.39 is 0 Å². The zero-order valence-electron chi connectivity index (χ0n) is 10.4. The van der Waals surface area contributed by atoms with E-state index in [1.807, 2.05) is 11.8 Å². The fourth-order valence-corrected chi connectivity index (χ4v) is 2.37. The summed E-state index contributed by atoms with van der Waals surface area (Å²) in [5.41, 5.74) is 0.